The van der Waals surface area contributed by atoms with E-state index in [2.05, 4.69) is 9.62 Å². The lowest BCUT2D eigenvalue weighted by Gasteiger charge is -2.38. The standard InChI is InChI=1S/C19H29N3O4S2/c1-21-10-12-22(13-11-21)28(25,26)17-7-6-16-15-19(8-4-2-3-5-9-19)20-27(23,24)18(16)14-17/h6-7,14,20H,2-5,8-13,15H2,1H3. The highest BCUT2D eigenvalue weighted by Gasteiger charge is 2.42. The molecule has 0 bridgehead atoms. The number of hydrogen-bond acceptors (Lipinski definition) is 5. The van der Waals surface area contributed by atoms with Gasteiger partial charge >= 0.3 is 0 Å². The maximum absolute atomic E-state index is 13.0. The molecule has 2 heterocycles. The Morgan fingerprint density at radius 2 is 1.64 bits per heavy atom. The van der Waals surface area contributed by atoms with E-state index >= 15 is 0 Å². The van der Waals surface area contributed by atoms with Gasteiger partial charge in [0.25, 0.3) is 0 Å². The molecule has 9 heteroatoms. The van der Waals surface area contributed by atoms with Crippen LogP contribution >= 0.6 is 0 Å². The van der Waals surface area contributed by atoms with Gasteiger partial charge in [0, 0.05) is 31.7 Å². The molecule has 0 unspecified atom stereocenters. The van der Waals surface area contributed by atoms with Gasteiger partial charge in [0.15, 0.2) is 0 Å². The van der Waals surface area contributed by atoms with Crippen LogP contribution in [0.3, 0.4) is 0 Å². The first-order valence-corrected chi connectivity index (χ1v) is 13.0. The van der Waals surface area contributed by atoms with Gasteiger partial charge in [-0.3, -0.25) is 0 Å². The molecule has 28 heavy (non-hydrogen) atoms. The van der Waals surface area contributed by atoms with Gasteiger partial charge in [-0.1, -0.05) is 31.7 Å². The Morgan fingerprint density at radius 1 is 1.00 bits per heavy atom. The van der Waals surface area contributed by atoms with Crippen LogP contribution in [0.1, 0.15) is 44.1 Å². The van der Waals surface area contributed by atoms with Crippen molar-refractivity contribution in [3.63, 3.8) is 0 Å². The van der Waals surface area contributed by atoms with Gasteiger partial charge in [0.05, 0.1) is 9.79 Å². The lowest BCUT2D eigenvalue weighted by molar-refractivity contribution is 0.222. The summed E-state index contributed by atoms with van der Waals surface area (Å²) in [6.45, 7) is 2.19. The average molecular weight is 428 g/mol. The summed E-state index contributed by atoms with van der Waals surface area (Å²) in [6.07, 6.45) is 6.63. The zero-order chi connectivity index (χ0) is 20.0. The zero-order valence-electron chi connectivity index (χ0n) is 16.4. The first-order chi connectivity index (χ1) is 13.2. The monoisotopic (exact) mass is 427 g/mol. The highest BCUT2D eigenvalue weighted by molar-refractivity contribution is 7.90. The highest BCUT2D eigenvalue weighted by Crippen LogP contribution is 2.38. The molecule has 0 radical (unpaired) electrons. The first-order valence-electron chi connectivity index (χ1n) is 10.1. The van der Waals surface area contributed by atoms with E-state index in [1.165, 1.54) is 10.4 Å². The van der Waals surface area contributed by atoms with E-state index in [4.69, 9.17) is 0 Å². The molecule has 0 amide bonds. The van der Waals surface area contributed by atoms with E-state index in [0.717, 1.165) is 44.1 Å². The maximum atomic E-state index is 13.0. The van der Waals surface area contributed by atoms with Gasteiger partial charge in [-0.2, -0.15) is 4.31 Å². The Morgan fingerprint density at radius 3 is 2.29 bits per heavy atom. The van der Waals surface area contributed by atoms with Crippen LogP contribution in [0.4, 0.5) is 0 Å². The zero-order valence-corrected chi connectivity index (χ0v) is 18.0. The number of nitrogens with zero attached hydrogens (tertiary/aromatic N) is 2. The molecular weight excluding hydrogens is 398 g/mol. The molecule has 1 spiro atoms. The summed E-state index contributed by atoms with van der Waals surface area (Å²) >= 11 is 0. The van der Waals surface area contributed by atoms with Crippen LogP contribution in [0.5, 0.6) is 0 Å². The maximum Gasteiger partial charge on any atom is 0.243 e. The Hall–Kier alpha value is -1.00. The normalized spacial score (nSPS) is 25.9. The molecule has 3 aliphatic rings. The van der Waals surface area contributed by atoms with Gasteiger partial charge in [0.2, 0.25) is 20.0 Å². The van der Waals surface area contributed by atoms with Crippen molar-refractivity contribution in [2.45, 2.75) is 60.3 Å². The Bertz CT molecular complexity index is 943. The minimum absolute atomic E-state index is 0.0676. The van der Waals surface area contributed by atoms with Crippen LogP contribution in [-0.4, -0.2) is 64.8 Å². The van der Waals surface area contributed by atoms with Gasteiger partial charge in [-0.05, 0) is 44.0 Å². The van der Waals surface area contributed by atoms with E-state index in [1.807, 2.05) is 7.05 Å². The predicted octanol–water partition coefficient (Wildman–Crippen LogP) is 1.55. The highest BCUT2D eigenvalue weighted by atomic mass is 32.2. The third kappa shape index (κ3) is 3.75. The molecule has 1 aromatic carbocycles. The molecule has 7 nitrogen and oxygen atoms in total. The lowest BCUT2D eigenvalue weighted by atomic mass is 9.84. The number of likely N-dealkylation sites (N-methyl/N-ethyl adjacent to an activating group) is 1. The summed E-state index contributed by atoms with van der Waals surface area (Å²) in [5.41, 5.74) is 0.318. The molecule has 1 N–H and O–H groups in total. The molecule has 156 valence electrons. The molecule has 0 aromatic heterocycles. The second-order valence-corrected chi connectivity index (χ2v) is 12.0. The summed E-state index contributed by atoms with van der Waals surface area (Å²) in [5.74, 6) is 0. The van der Waals surface area contributed by atoms with Crippen molar-refractivity contribution < 1.29 is 16.8 Å². The molecule has 1 saturated heterocycles. The van der Waals surface area contributed by atoms with Gasteiger partial charge in [-0.15, -0.1) is 0 Å². The summed E-state index contributed by atoms with van der Waals surface area (Å²) < 4.78 is 56.5. The number of rotatable bonds is 2. The van der Waals surface area contributed by atoms with Crippen LogP contribution < -0.4 is 4.72 Å². The lowest BCUT2D eigenvalue weighted by Crippen LogP contribution is -2.53. The van der Waals surface area contributed by atoms with E-state index in [9.17, 15) is 16.8 Å². The molecule has 0 atom stereocenters. The van der Waals surface area contributed by atoms with Crippen molar-refractivity contribution in [3.8, 4) is 0 Å². The van der Waals surface area contributed by atoms with Crippen LogP contribution in [0.2, 0.25) is 0 Å². The smallest absolute Gasteiger partial charge is 0.243 e. The summed E-state index contributed by atoms with van der Waals surface area (Å²) in [6, 6.07) is 4.65. The summed E-state index contributed by atoms with van der Waals surface area (Å²) in [5, 5.41) is 0. The minimum atomic E-state index is -3.73. The number of hydrogen-bond donors (Lipinski definition) is 1. The number of fused-ring (bicyclic) bond motifs is 1. The predicted molar refractivity (Wildman–Crippen MR) is 107 cm³/mol. The molecule has 1 saturated carbocycles. The average Bonchev–Trinajstić information content (AvgIpc) is 2.86. The number of nitrogens with one attached hydrogen (secondary N) is 1. The molecule has 1 aliphatic carbocycles. The van der Waals surface area contributed by atoms with Crippen LogP contribution in [-0.2, 0) is 26.5 Å². The van der Waals surface area contributed by atoms with E-state index in [0.29, 0.717) is 32.6 Å². The minimum Gasteiger partial charge on any atom is -0.304 e. The van der Waals surface area contributed by atoms with E-state index < -0.39 is 25.6 Å². The molecule has 4 rings (SSSR count). The van der Waals surface area contributed by atoms with Crippen LogP contribution in [0, 0.1) is 0 Å². The number of benzene rings is 1. The molecular formula is C19H29N3O4S2. The summed E-state index contributed by atoms with van der Waals surface area (Å²) in [4.78, 5) is 2.27. The Labute approximate surface area is 168 Å². The largest absolute Gasteiger partial charge is 0.304 e. The fraction of sp³-hybridized carbons (Fsp3) is 0.684. The molecule has 2 fully saturated rings. The Balaban J connectivity index is 1.67. The van der Waals surface area contributed by atoms with Crippen LogP contribution in [0.25, 0.3) is 0 Å². The summed E-state index contributed by atoms with van der Waals surface area (Å²) in [7, 11) is -5.46. The third-order valence-corrected chi connectivity index (χ3v) is 9.92. The van der Waals surface area contributed by atoms with Gasteiger partial charge in [0.1, 0.15) is 0 Å². The van der Waals surface area contributed by atoms with E-state index in [1.54, 1.807) is 12.1 Å². The van der Waals surface area contributed by atoms with E-state index in [-0.39, 0.29) is 9.79 Å². The van der Waals surface area contributed by atoms with Crippen molar-refractivity contribution in [1.29, 1.82) is 0 Å². The fourth-order valence-electron chi connectivity index (χ4n) is 4.69. The van der Waals surface area contributed by atoms with Crippen molar-refractivity contribution in [3.05, 3.63) is 23.8 Å². The van der Waals surface area contributed by atoms with Crippen LogP contribution in [0.15, 0.2) is 28.0 Å². The van der Waals surface area contributed by atoms with Gasteiger partial charge < -0.3 is 4.90 Å². The van der Waals surface area contributed by atoms with Crippen molar-refractivity contribution >= 4 is 20.0 Å². The van der Waals surface area contributed by atoms with Crippen molar-refractivity contribution in [1.82, 2.24) is 13.9 Å². The van der Waals surface area contributed by atoms with Crippen molar-refractivity contribution in [2.24, 2.45) is 0 Å². The first kappa shape index (κ1) is 20.3. The molecule has 1 aromatic rings. The SMILES string of the molecule is CN1CCN(S(=O)(=O)c2ccc3c(c2)S(=O)(=O)NC2(CCCCCC2)C3)CC1. The van der Waals surface area contributed by atoms with Gasteiger partial charge in [-0.25, -0.2) is 21.6 Å². The number of piperazine rings is 1. The number of sulfonamides is 2. The van der Waals surface area contributed by atoms with Crippen molar-refractivity contribution in [2.75, 3.05) is 33.2 Å². The fourth-order valence-corrected chi connectivity index (χ4v) is 7.94. The topological polar surface area (TPSA) is 86.8 Å². The Kier molecular flexibility index (Phi) is 5.33. The third-order valence-electron chi connectivity index (χ3n) is 6.37. The molecule has 2 aliphatic heterocycles. The second-order valence-electron chi connectivity index (χ2n) is 8.45. The quantitative estimate of drug-likeness (QED) is 0.774. The second kappa shape index (κ2) is 7.36.